The number of amides is 1. The maximum Gasteiger partial charge on any atom is 0.490 e. The van der Waals surface area contributed by atoms with Gasteiger partial charge in [0.05, 0.1) is 12.6 Å². The SMILES string of the molecule is N#Cc1cc(C2CCON2C(=O)C2CCNCC2)cs1.O=C(O)C(F)(F)F. The van der Waals surface area contributed by atoms with Crippen LogP contribution in [-0.4, -0.2) is 47.9 Å². The van der Waals surface area contributed by atoms with E-state index in [0.29, 0.717) is 11.5 Å². The van der Waals surface area contributed by atoms with E-state index in [9.17, 15) is 18.0 Å². The van der Waals surface area contributed by atoms with Crippen LogP contribution in [0.1, 0.15) is 35.7 Å². The Bertz CT molecular complexity index is 710. The molecule has 3 rings (SSSR count). The predicted molar refractivity (Wildman–Crippen MR) is 88.5 cm³/mol. The van der Waals surface area contributed by atoms with Crippen LogP contribution in [0.15, 0.2) is 11.4 Å². The molecule has 0 bridgehead atoms. The average molecular weight is 405 g/mol. The zero-order valence-electron chi connectivity index (χ0n) is 14.2. The number of hydrogen-bond donors (Lipinski definition) is 2. The number of piperidine rings is 1. The molecule has 0 aromatic carbocycles. The average Bonchev–Trinajstić information content (AvgIpc) is 3.30. The number of thiophene rings is 1. The molecule has 0 saturated carbocycles. The lowest BCUT2D eigenvalue weighted by Gasteiger charge is -2.29. The van der Waals surface area contributed by atoms with Crippen LogP contribution in [0.25, 0.3) is 0 Å². The fraction of sp³-hybridized carbons (Fsp3) is 0.562. The molecule has 2 aliphatic heterocycles. The largest absolute Gasteiger partial charge is 0.490 e. The van der Waals surface area contributed by atoms with Crippen molar-refractivity contribution < 1.29 is 32.7 Å². The van der Waals surface area contributed by atoms with Gasteiger partial charge in [0.25, 0.3) is 0 Å². The lowest BCUT2D eigenvalue weighted by molar-refractivity contribution is -0.192. The number of carbonyl (C=O) groups excluding carboxylic acids is 1. The molecule has 0 radical (unpaired) electrons. The third-order valence-corrected chi connectivity index (χ3v) is 5.02. The summed E-state index contributed by atoms with van der Waals surface area (Å²) >= 11 is 1.42. The molecule has 1 aromatic rings. The number of nitrogens with one attached hydrogen (secondary N) is 1. The first-order valence-corrected chi connectivity index (χ1v) is 9.07. The summed E-state index contributed by atoms with van der Waals surface area (Å²) in [4.78, 5) is 27.7. The number of hydroxylamine groups is 2. The highest BCUT2D eigenvalue weighted by Crippen LogP contribution is 2.34. The summed E-state index contributed by atoms with van der Waals surface area (Å²) in [6.07, 6.45) is -2.53. The number of aliphatic carboxylic acids is 1. The van der Waals surface area contributed by atoms with Crippen LogP contribution in [0.3, 0.4) is 0 Å². The molecule has 148 valence electrons. The molecular weight excluding hydrogens is 387 g/mol. The van der Waals surface area contributed by atoms with Crippen LogP contribution in [-0.2, 0) is 14.4 Å². The minimum absolute atomic E-state index is 0.0317. The topological polar surface area (TPSA) is 103 Å². The van der Waals surface area contributed by atoms with Crippen molar-refractivity contribution in [1.82, 2.24) is 10.4 Å². The van der Waals surface area contributed by atoms with Crippen molar-refractivity contribution in [3.8, 4) is 6.07 Å². The minimum Gasteiger partial charge on any atom is -0.475 e. The molecule has 2 fully saturated rings. The van der Waals surface area contributed by atoms with Crippen molar-refractivity contribution in [1.29, 1.82) is 5.26 Å². The number of carbonyl (C=O) groups is 2. The van der Waals surface area contributed by atoms with E-state index in [0.717, 1.165) is 37.9 Å². The Morgan fingerprint density at radius 2 is 1.96 bits per heavy atom. The van der Waals surface area contributed by atoms with E-state index in [1.807, 2.05) is 11.4 Å². The second-order valence-electron chi connectivity index (χ2n) is 5.99. The lowest BCUT2D eigenvalue weighted by atomic mass is 9.96. The summed E-state index contributed by atoms with van der Waals surface area (Å²) in [5, 5.41) is 22.8. The number of carboxylic acids is 1. The van der Waals surface area contributed by atoms with Crippen molar-refractivity contribution in [3.63, 3.8) is 0 Å². The second kappa shape index (κ2) is 9.16. The molecule has 1 amide bonds. The van der Waals surface area contributed by atoms with Crippen molar-refractivity contribution in [2.24, 2.45) is 5.92 Å². The first-order valence-electron chi connectivity index (χ1n) is 8.19. The standard InChI is InChI=1S/C14H17N3O2S.C2HF3O2/c15-8-12-7-11(9-20-12)13-3-6-19-17(13)14(18)10-1-4-16-5-2-10;3-2(4,5)1(6)7/h7,9-10,13,16H,1-6H2;(H,6,7). The van der Waals surface area contributed by atoms with E-state index in [1.54, 1.807) is 5.06 Å². The Kier molecular flexibility index (Phi) is 7.18. The van der Waals surface area contributed by atoms with Crippen LogP contribution in [0.5, 0.6) is 0 Å². The lowest BCUT2D eigenvalue weighted by Crippen LogP contribution is -2.40. The van der Waals surface area contributed by atoms with Gasteiger partial charge in [-0.25, -0.2) is 9.86 Å². The van der Waals surface area contributed by atoms with Gasteiger partial charge in [0.2, 0.25) is 5.91 Å². The van der Waals surface area contributed by atoms with E-state index in [1.165, 1.54) is 11.3 Å². The van der Waals surface area contributed by atoms with E-state index < -0.39 is 12.1 Å². The van der Waals surface area contributed by atoms with Crippen LogP contribution >= 0.6 is 11.3 Å². The van der Waals surface area contributed by atoms with Crippen LogP contribution in [0.2, 0.25) is 0 Å². The molecule has 1 atom stereocenters. The van der Waals surface area contributed by atoms with E-state index in [-0.39, 0.29) is 17.9 Å². The van der Waals surface area contributed by atoms with Gasteiger partial charge in [-0.2, -0.15) is 18.4 Å². The van der Waals surface area contributed by atoms with E-state index in [2.05, 4.69) is 11.4 Å². The Labute approximate surface area is 157 Å². The summed E-state index contributed by atoms with van der Waals surface area (Å²) in [7, 11) is 0. The van der Waals surface area contributed by atoms with E-state index >= 15 is 0 Å². The Balaban J connectivity index is 0.000000321. The number of carboxylic acid groups (broad SMARTS) is 1. The maximum atomic E-state index is 12.6. The number of halogens is 3. The van der Waals surface area contributed by atoms with Gasteiger partial charge in [0, 0.05) is 12.3 Å². The van der Waals surface area contributed by atoms with E-state index in [4.69, 9.17) is 20.0 Å². The molecule has 0 aliphatic carbocycles. The highest BCUT2D eigenvalue weighted by atomic mass is 32.1. The Hall–Kier alpha value is -2.16. The normalized spacial score (nSPS) is 20.5. The zero-order chi connectivity index (χ0) is 20.0. The smallest absolute Gasteiger partial charge is 0.475 e. The Morgan fingerprint density at radius 1 is 1.33 bits per heavy atom. The summed E-state index contributed by atoms with van der Waals surface area (Å²) < 4.78 is 31.7. The number of nitriles is 1. The minimum atomic E-state index is -5.08. The van der Waals surface area contributed by atoms with Crippen molar-refractivity contribution >= 4 is 23.2 Å². The predicted octanol–water partition coefficient (Wildman–Crippen LogP) is 2.46. The van der Waals surface area contributed by atoms with Gasteiger partial charge < -0.3 is 10.4 Å². The molecule has 2 N–H and O–H groups in total. The Morgan fingerprint density at radius 3 is 2.48 bits per heavy atom. The van der Waals surface area contributed by atoms with Gasteiger partial charge in [-0.1, -0.05) is 0 Å². The fourth-order valence-electron chi connectivity index (χ4n) is 2.82. The van der Waals surface area contributed by atoms with Crippen LogP contribution in [0, 0.1) is 17.2 Å². The molecule has 27 heavy (non-hydrogen) atoms. The molecule has 2 aliphatic rings. The van der Waals surface area contributed by atoms with Gasteiger partial charge in [0.1, 0.15) is 10.9 Å². The number of hydrogen-bond acceptors (Lipinski definition) is 6. The van der Waals surface area contributed by atoms with Gasteiger partial charge in [-0.3, -0.25) is 9.63 Å². The first-order chi connectivity index (χ1) is 12.7. The molecule has 2 saturated heterocycles. The van der Waals surface area contributed by atoms with Gasteiger partial charge in [-0.15, -0.1) is 11.3 Å². The molecule has 1 aromatic heterocycles. The molecule has 1 unspecified atom stereocenters. The quantitative estimate of drug-likeness (QED) is 0.784. The van der Waals surface area contributed by atoms with Crippen molar-refractivity contribution in [2.45, 2.75) is 31.5 Å². The maximum absolute atomic E-state index is 12.6. The first kappa shape index (κ1) is 21.1. The molecule has 11 heteroatoms. The molecular formula is C16H18F3N3O4S. The monoisotopic (exact) mass is 405 g/mol. The highest BCUT2D eigenvalue weighted by molar-refractivity contribution is 7.10. The second-order valence-corrected chi connectivity index (χ2v) is 6.90. The fourth-order valence-corrected chi connectivity index (χ4v) is 3.57. The summed E-state index contributed by atoms with van der Waals surface area (Å²) in [6.45, 7) is 2.36. The van der Waals surface area contributed by atoms with Crippen LogP contribution in [0.4, 0.5) is 13.2 Å². The number of nitrogens with zero attached hydrogens (tertiary/aromatic N) is 2. The third-order valence-electron chi connectivity index (χ3n) is 4.17. The summed E-state index contributed by atoms with van der Waals surface area (Å²) in [5.74, 6) is -2.60. The van der Waals surface area contributed by atoms with Crippen molar-refractivity contribution in [2.75, 3.05) is 19.7 Å². The van der Waals surface area contributed by atoms with Gasteiger partial charge in [0.15, 0.2) is 0 Å². The highest BCUT2D eigenvalue weighted by Gasteiger charge is 2.38. The number of rotatable bonds is 2. The zero-order valence-corrected chi connectivity index (χ0v) is 15.0. The van der Waals surface area contributed by atoms with Gasteiger partial charge >= 0.3 is 12.1 Å². The van der Waals surface area contributed by atoms with Crippen molar-refractivity contribution in [3.05, 3.63) is 21.9 Å². The summed E-state index contributed by atoms with van der Waals surface area (Å²) in [5.41, 5.74) is 1.02. The van der Waals surface area contributed by atoms with Crippen LogP contribution < -0.4 is 5.32 Å². The summed E-state index contributed by atoms with van der Waals surface area (Å²) in [6, 6.07) is 3.98. The molecule has 3 heterocycles. The third kappa shape index (κ3) is 5.66. The molecule has 0 spiro atoms. The molecule has 7 nitrogen and oxygen atoms in total. The number of alkyl halides is 3. The van der Waals surface area contributed by atoms with Gasteiger partial charge in [-0.05, 0) is 42.9 Å².